The first kappa shape index (κ1) is 19.5. The Labute approximate surface area is 151 Å². The second-order valence-corrected chi connectivity index (χ2v) is 6.83. The third-order valence-electron chi connectivity index (χ3n) is 4.74. The minimum Gasteiger partial charge on any atom is -0.497 e. The fourth-order valence-corrected chi connectivity index (χ4v) is 3.18. The zero-order valence-electron chi connectivity index (χ0n) is 15.8. The number of nitrogens with zero attached hydrogens (tertiary/aromatic N) is 1. The maximum atomic E-state index is 12.2. The smallest absolute Gasteiger partial charge is 0.270 e. The molecule has 0 atom stereocenters. The largest absolute Gasteiger partial charge is 0.497 e. The minimum atomic E-state index is -0.0725. The standard InChI is InChI=1S/C21H32N2O2/c1-3-4-5-6-7-8-9-10-11-12-13-19-21(24)23-20-16-17(25-2)14-15-18(20)22-19/h14-16H,3-13H2,1-2H3,(H,23,24). The Morgan fingerprint density at radius 3 is 2.24 bits per heavy atom. The summed E-state index contributed by atoms with van der Waals surface area (Å²) >= 11 is 0. The van der Waals surface area contributed by atoms with Crippen LogP contribution in [0.2, 0.25) is 0 Å². The summed E-state index contributed by atoms with van der Waals surface area (Å²) in [5, 5.41) is 0. The lowest BCUT2D eigenvalue weighted by Crippen LogP contribution is -2.15. The molecule has 0 aliphatic heterocycles. The lowest BCUT2D eigenvalue weighted by atomic mass is 10.1. The van der Waals surface area contributed by atoms with Crippen LogP contribution in [0.1, 0.15) is 76.8 Å². The highest BCUT2D eigenvalue weighted by atomic mass is 16.5. The predicted octanol–water partition coefficient (Wildman–Crippen LogP) is 5.40. The zero-order valence-corrected chi connectivity index (χ0v) is 15.8. The average Bonchev–Trinajstić information content (AvgIpc) is 2.63. The van der Waals surface area contributed by atoms with Crippen LogP contribution >= 0.6 is 0 Å². The average molecular weight is 344 g/mol. The summed E-state index contributed by atoms with van der Waals surface area (Å²) in [4.78, 5) is 19.6. The van der Waals surface area contributed by atoms with Gasteiger partial charge >= 0.3 is 0 Å². The molecule has 0 saturated carbocycles. The van der Waals surface area contributed by atoms with E-state index in [4.69, 9.17) is 4.74 Å². The molecule has 1 aromatic heterocycles. The van der Waals surface area contributed by atoms with Gasteiger partial charge in [0.1, 0.15) is 11.4 Å². The monoisotopic (exact) mass is 344 g/mol. The van der Waals surface area contributed by atoms with Gasteiger partial charge in [0.25, 0.3) is 5.56 Å². The van der Waals surface area contributed by atoms with Crippen molar-refractivity contribution in [2.24, 2.45) is 0 Å². The van der Waals surface area contributed by atoms with Crippen molar-refractivity contribution in [1.82, 2.24) is 9.97 Å². The van der Waals surface area contributed by atoms with E-state index in [1.165, 1.54) is 57.8 Å². The van der Waals surface area contributed by atoms with Crippen LogP contribution in [0.25, 0.3) is 11.0 Å². The maximum absolute atomic E-state index is 12.2. The van der Waals surface area contributed by atoms with Crippen LogP contribution in [0.4, 0.5) is 0 Å². The van der Waals surface area contributed by atoms with Gasteiger partial charge in [-0.25, -0.2) is 4.98 Å². The van der Waals surface area contributed by atoms with E-state index in [-0.39, 0.29) is 5.56 Å². The molecule has 1 heterocycles. The third kappa shape index (κ3) is 6.52. The molecule has 2 rings (SSSR count). The van der Waals surface area contributed by atoms with Crippen LogP contribution in [0, 0.1) is 0 Å². The number of ether oxygens (including phenoxy) is 1. The zero-order chi connectivity index (χ0) is 17.9. The molecule has 1 aromatic carbocycles. The first-order valence-corrected chi connectivity index (χ1v) is 9.81. The number of H-pyrrole nitrogens is 1. The first-order chi connectivity index (χ1) is 12.2. The molecule has 0 fully saturated rings. The molecule has 0 bridgehead atoms. The highest BCUT2D eigenvalue weighted by molar-refractivity contribution is 5.75. The predicted molar refractivity (Wildman–Crippen MR) is 104 cm³/mol. The highest BCUT2D eigenvalue weighted by Crippen LogP contribution is 2.17. The van der Waals surface area contributed by atoms with Crippen LogP contribution in [0.15, 0.2) is 23.0 Å². The summed E-state index contributed by atoms with van der Waals surface area (Å²) in [5.41, 5.74) is 2.13. The van der Waals surface area contributed by atoms with E-state index < -0.39 is 0 Å². The van der Waals surface area contributed by atoms with Gasteiger partial charge in [-0.05, 0) is 25.0 Å². The molecule has 0 aliphatic carbocycles. The van der Waals surface area contributed by atoms with Gasteiger partial charge in [0.15, 0.2) is 0 Å². The number of aryl methyl sites for hydroxylation is 1. The summed E-state index contributed by atoms with van der Waals surface area (Å²) in [6, 6.07) is 5.58. The number of rotatable bonds is 12. The van der Waals surface area contributed by atoms with E-state index in [2.05, 4.69) is 16.9 Å². The Bertz CT molecular complexity index is 694. The molecule has 0 aliphatic rings. The van der Waals surface area contributed by atoms with Crippen molar-refractivity contribution in [1.29, 1.82) is 0 Å². The van der Waals surface area contributed by atoms with Crippen molar-refractivity contribution in [2.45, 2.75) is 77.6 Å². The fraction of sp³-hybridized carbons (Fsp3) is 0.619. The first-order valence-electron chi connectivity index (χ1n) is 9.81. The molecule has 0 radical (unpaired) electrons. The van der Waals surface area contributed by atoms with E-state index in [9.17, 15) is 4.79 Å². The Kier molecular flexibility index (Phi) is 8.50. The number of unbranched alkanes of at least 4 members (excludes halogenated alkanes) is 9. The summed E-state index contributed by atoms with van der Waals surface area (Å²) in [5.74, 6) is 0.729. The van der Waals surface area contributed by atoms with Crippen molar-refractivity contribution >= 4 is 11.0 Å². The van der Waals surface area contributed by atoms with E-state index in [1.54, 1.807) is 7.11 Å². The number of benzene rings is 1. The SMILES string of the molecule is CCCCCCCCCCCCc1nc2ccc(OC)cc2[nH]c1=O. The van der Waals surface area contributed by atoms with Gasteiger partial charge in [-0.2, -0.15) is 0 Å². The topological polar surface area (TPSA) is 55.0 Å². The molecule has 0 unspecified atom stereocenters. The van der Waals surface area contributed by atoms with Gasteiger partial charge in [-0.3, -0.25) is 4.79 Å². The number of methoxy groups -OCH3 is 1. The number of aromatic amines is 1. The lowest BCUT2D eigenvalue weighted by molar-refractivity contribution is 0.415. The van der Waals surface area contributed by atoms with Gasteiger partial charge in [0.05, 0.1) is 18.1 Å². The molecular weight excluding hydrogens is 312 g/mol. The highest BCUT2D eigenvalue weighted by Gasteiger charge is 2.06. The van der Waals surface area contributed by atoms with Crippen LogP contribution < -0.4 is 10.3 Å². The quantitative estimate of drug-likeness (QED) is 0.525. The molecule has 4 nitrogen and oxygen atoms in total. The van der Waals surface area contributed by atoms with E-state index in [0.29, 0.717) is 5.69 Å². The summed E-state index contributed by atoms with van der Waals surface area (Å²) in [7, 11) is 1.62. The van der Waals surface area contributed by atoms with Crippen molar-refractivity contribution in [2.75, 3.05) is 7.11 Å². The van der Waals surface area contributed by atoms with Crippen molar-refractivity contribution in [3.63, 3.8) is 0 Å². The second-order valence-electron chi connectivity index (χ2n) is 6.83. The van der Waals surface area contributed by atoms with Gasteiger partial charge in [0, 0.05) is 6.07 Å². The number of fused-ring (bicyclic) bond motifs is 1. The van der Waals surface area contributed by atoms with Crippen LogP contribution in [0.3, 0.4) is 0 Å². The van der Waals surface area contributed by atoms with Crippen LogP contribution in [-0.4, -0.2) is 17.1 Å². The lowest BCUT2D eigenvalue weighted by Gasteiger charge is -2.05. The van der Waals surface area contributed by atoms with Crippen molar-refractivity contribution in [3.8, 4) is 5.75 Å². The second kappa shape index (κ2) is 10.9. The minimum absolute atomic E-state index is 0.0725. The molecular formula is C21H32N2O2. The molecule has 4 heteroatoms. The van der Waals surface area contributed by atoms with Gasteiger partial charge in [-0.1, -0.05) is 64.7 Å². The summed E-state index contributed by atoms with van der Waals surface area (Å²) in [6.07, 6.45) is 13.7. The Morgan fingerprint density at radius 1 is 0.960 bits per heavy atom. The Hall–Kier alpha value is -1.84. The molecule has 0 amide bonds. The number of hydrogen-bond donors (Lipinski definition) is 1. The van der Waals surface area contributed by atoms with Gasteiger partial charge < -0.3 is 9.72 Å². The third-order valence-corrected chi connectivity index (χ3v) is 4.74. The summed E-state index contributed by atoms with van der Waals surface area (Å²) in [6.45, 7) is 2.26. The summed E-state index contributed by atoms with van der Waals surface area (Å²) < 4.78 is 5.18. The number of nitrogens with one attached hydrogen (secondary N) is 1. The molecule has 2 aromatic rings. The number of aromatic nitrogens is 2. The van der Waals surface area contributed by atoms with E-state index in [0.717, 1.165) is 29.6 Å². The van der Waals surface area contributed by atoms with Gasteiger partial charge in [0.2, 0.25) is 0 Å². The van der Waals surface area contributed by atoms with Crippen molar-refractivity contribution in [3.05, 3.63) is 34.2 Å². The van der Waals surface area contributed by atoms with Crippen LogP contribution in [0.5, 0.6) is 5.75 Å². The Morgan fingerprint density at radius 2 is 1.60 bits per heavy atom. The molecule has 0 spiro atoms. The molecule has 0 saturated heterocycles. The number of hydrogen-bond acceptors (Lipinski definition) is 3. The fourth-order valence-electron chi connectivity index (χ4n) is 3.18. The molecule has 138 valence electrons. The Balaban J connectivity index is 1.70. The van der Waals surface area contributed by atoms with Crippen LogP contribution in [-0.2, 0) is 6.42 Å². The van der Waals surface area contributed by atoms with Crippen molar-refractivity contribution < 1.29 is 4.74 Å². The van der Waals surface area contributed by atoms with E-state index in [1.807, 2.05) is 18.2 Å². The molecule has 25 heavy (non-hydrogen) atoms. The maximum Gasteiger partial charge on any atom is 0.270 e. The molecule has 1 N–H and O–H groups in total. The normalized spacial score (nSPS) is 11.1. The van der Waals surface area contributed by atoms with E-state index >= 15 is 0 Å². The van der Waals surface area contributed by atoms with Gasteiger partial charge in [-0.15, -0.1) is 0 Å².